The van der Waals surface area contributed by atoms with Gasteiger partial charge in [-0.25, -0.2) is 0 Å². The Kier molecular flexibility index (Phi) is 5.02. The lowest BCUT2D eigenvalue weighted by atomic mass is 9.85. The first kappa shape index (κ1) is 15.7. The van der Waals surface area contributed by atoms with Crippen molar-refractivity contribution in [2.24, 2.45) is 10.4 Å². The zero-order valence-corrected chi connectivity index (χ0v) is 14.8. The fourth-order valence-electron chi connectivity index (χ4n) is 2.07. The summed E-state index contributed by atoms with van der Waals surface area (Å²) in [6.07, 6.45) is 1.14. The number of nitrogens with one attached hydrogen (secondary N) is 1. The summed E-state index contributed by atoms with van der Waals surface area (Å²) in [4.78, 5) is 4.84. The molecule has 1 aromatic rings. The van der Waals surface area contributed by atoms with Crippen LogP contribution in [-0.2, 0) is 0 Å². The Bertz CT molecular complexity index is 511. The topological polar surface area (TPSA) is 33.6 Å². The number of rotatable bonds is 2. The molecule has 0 saturated heterocycles. The van der Waals surface area contributed by atoms with Crippen LogP contribution in [-0.4, -0.2) is 24.1 Å². The van der Waals surface area contributed by atoms with Gasteiger partial charge in [0.15, 0.2) is 5.17 Å². The third kappa shape index (κ3) is 3.92. The van der Waals surface area contributed by atoms with E-state index < -0.39 is 0 Å². The normalized spacial score (nSPS) is 19.4. The molecule has 0 aliphatic carbocycles. The number of ether oxygens (including phenoxy) is 1. The number of nitrogens with zero attached hydrogens (tertiary/aromatic N) is 1. The van der Waals surface area contributed by atoms with E-state index >= 15 is 0 Å². The number of aliphatic imine (C=N–C) groups is 1. The number of benzene rings is 1. The van der Waals surface area contributed by atoms with Crippen LogP contribution in [0.1, 0.15) is 27.2 Å². The first-order valence-corrected chi connectivity index (χ1v) is 8.49. The molecule has 0 fully saturated rings. The highest BCUT2D eigenvalue weighted by molar-refractivity contribution is 9.10. The number of hydrogen-bond donors (Lipinski definition) is 1. The lowest BCUT2D eigenvalue weighted by molar-refractivity contribution is 0.316. The van der Waals surface area contributed by atoms with Crippen LogP contribution >= 0.6 is 27.7 Å². The molecule has 1 aliphatic heterocycles. The molecule has 1 atom stereocenters. The quantitative estimate of drug-likeness (QED) is 0.827. The highest BCUT2D eigenvalue weighted by atomic mass is 79.9. The van der Waals surface area contributed by atoms with Crippen LogP contribution in [0.15, 0.2) is 27.7 Å². The van der Waals surface area contributed by atoms with Crippen LogP contribution in [0.25, 0.3) is 0 Å². The molecule has 1 N–H and O–H groups in total. The highest BCUT2D eigenvalue weighted by Gasteiger charge is 2.27. The maximum absolute atomic E-state index is 5.24. The van der Waals surface area contributed by atoms with Crippen molar-refractivity contribution in [3.8, 4) is 5.75 Å². The lowest BCUT2D eigenvalue weighted by Crippen LogP contribution is -2.30. The van der Waals surface area contributed by atoms with Crippen molar-refractivity contribution in [1.82, 2.24) is 0 Å². The van der Waals surface area contributed by atoms with Gasteiger partial charge in [0, 0.05) is 11.4 Å². The number of methoxy groups -OCH3 is 1. The first-order chi connectivity index (χ1) is 9.40. The van der Waals surface area contributed by atoms with Crippen LogP contribution in [0.4, 0.5) is 5.69 Å². The maximum atomic E-state index is 5.24. The summed E-state index contributed by atoms with van der Waals surface area (Å²) in [5, 5.41) is 4.41. The molecule has 0 aromatic heterocycles. The van der Waals surface area contributed by atoms with Crippen molar-refractivity contribution in [3.05, 3.63) is 22.7 Å². The summed E-state index contributed by atoms with van der Waals surface area (Å²) in [7, 11) is 1.67. The number of anilines is 1. The van der Waals surface area contributed by atoms with Gasteiger partial charge in [0.25, 0.3) is 0 Å². The predicted molar refractivity (Wildman–Crippen MR) is 92.1 cm³/mol. The van der Waals surface area contributed by atoms with Crippen LogP contribution in [0.5, 0.6) is 5.75 Å². The van der Waals surface area contributed by atoms with Gasteiger partial charge >= 0.3 is 0 Å². The van der Waals surface area contributed by atoms with Crippen molar-refractivity contribution < 1.29 is 4.74 Å². The van der Waals surface area contributed by atoms with Crippen molar-refractivity contribution in [3.63, 3.8) is 0 Å². The predicted octanol–water partition coefficient (Wildman–Crippen LogP) is 4.78. The molecule has 0 saturated carbocycles. The third-order valence-electron chi connectivity index (χ3n) is 3.31. The monoisotopic (exact) mass is 356 g/mol. The Hall–Kier alpha value is -0.680. The molecule has 1 heterocycles. The number of halogens is 1. The van der Waals surface area contributed by atoms with E-state index in [-0.39, 0.29) is 5.41 Å². The Morgan fingerprint density at radius 3 is 2.75 bits per heavy atom. The molecule has 1 unspecified atom stereocenters. The van der Waals surface area contributed by atoms with E-state index in [0.29, 0.717) is 6.04 Å². The van der Waals surface area contributed by atoms with Gasteiger partial charge in [0.1, 0.15) is 5.75 Å². The van der Waals surface area contributed by atoms with Gasteiger partial charge in [-0.2, -0.15) is 0 Å². The summed E-state index contributed by atoms with van der Waals surface area (Å²) < 4.78 is 6.18. The molecule has 0 bridgehead atoms. The first-order valence-electron chi connectivity index (χ1n) is 6.71. The molecule has 5 heteroatoms. The standard InChI is InChI=1S/C15H21BrN2OS/c1-15(2,3)13-7-8-20-14(18-13)17-10-5-6-12(19-4)11(16)9-10/h5-6,9,13H,7-8H2,1-4H3,(H,17,18). The summed E-state index contributed by atoms with van der Waals surface area (Å²) in [6.45, 7) is 6.75. The Labute approximate surface area is 133 Å². The highest BCUT2D eigenvalue weighted by Crippen LogP contribution is 2.32. The Balaban J connectivity index is 2.13. The van der Waals surface area contributed by atoms with Gasteiger partial charge < -0.3 is 10.1 Å². The second kappa shape index (κ2) is 6.39. The van der Waals surface area contributed by atoms with E-state index in [2.05, 4.69) is 42.0 Å². The molecule has 0 spiro atoms. The summed E-state index contributed by atoms with van der Waals surface area (Å²) in [6, 6.07) is 6.35. The fourth-order valence-corrected chi connectivity index (χ4v) is 3.54. The maximum Gasteiger partial charge on any atom is 0.161 e. The average molecular weight is 357 g/mol. The van der Waals surface area contributed by atoms with Gasteiger partial charge in [0.2, 0.25) is 0 Å². The Morgan fingerprint density at radius 1 is 1.40 bits per heavy atom. The van der Waals surface area contributed by atoms with Gasteiger partial charge in [-0.3, -0.25) is 4.99 Å². The van der Waals surface area contributed by atoms with Crippen molar-refractivity contribution in [2.45, 2.75) is 33.2 Å². The van der Waals surface area contributed by atoms with E-state index in [1.807, 2.05) is 18.2 Å². The summed E-state index contributed by atoms with van der Waals surface area (Å²) in [5.41, 5.74) is 1.24. The van der Waals surface area contributed by atoms with Crippen LogP contribution < -0.4 is 10.1 Å². The minimum absolute atomic E-state index is 0.217. The second-order valence-electron chi connectivity index (χ2n) is 5.93. The van der Waals surface area contributed by atoms with E-state index in [9.17, 15) is 0 Å². The summed E-state index contributed by atoms with van der Waals surface area (Å²) in [5.74, 6) is 1.95. The molecule has 110 valence electrons. The second-order valence-corrected chi connectivity index (χ2v) is 7.87. The van der Waals surface area contributed by atoms with E-state index in [1.54, 1.807) is 18.9 Å². The van der Waals surface area contributed by atoms with E-state index in [1.165, 1.54) is 0 Å². The molecule has 0 amide bonds. The fraction of sp³-hybridized carbons (Fsp3) is 0.533. The molecule has 3 nitrogen and oxygen atoms in total. The molecular formula is C15H21BrN2OS. The van der Waals surface area contributed by atoms with E-state index in [4.69, 9.17) is 9.73 Å². The molecule has 2 rings (SSSR count). The zero-order chi connectivity index (χ0) is 14.8. The number of thioether (sulfide) groups is 1. The van der Waals surface area contributed by atoms with Crippen molar-refractivity contribution in [1.29, 1.82) is 0 Å². The molecule has 20 heavy (non-hydrogen) atoms. The van der Waals surface area contributed by atoms with E-state index in [0.717, 1.165) is 33.3 Å². The van der Waals surface area contributed by atoms with Gasteiger partial charge in [-0.05, 0) is 46.0 Å². The molecule has 1 aliphatic rings. The van der Waals surface area contributed by atoms with Crippen LogP contribution in [0, 0.1) is 5.41 Å². The van der Waals surface area contributed by atoms with Crippen molar-refractivity contribution in [2.75, 3.05) is 18.2 Å². The smallest absolute Gasteiger partial charge is 0.161 e. The minimum atomic E-state index is 0.217. The minimum Gasteiger partial charge on any atom is -0.496 e. The number of amidine groups is 1. The zero-order valence-electron chi connectivity index (χ0n) is 12.4. The van der Waals surface area contributed by atoms with Gasteiger partial charge in [0.05, 0.1) is 17.6 Å². The third-order valence-corrected chi connectivity index (χ3v) is 4.85. The van der Waals surface area contributed by atoms with Gasteiger partial charge in [-0.15, -0.1) is 0 Å². The lowest BCUT2D eigenvalue weighted by Gasteiger charge is -2.31. The molecule has 0 radical (unpaired) electrons. The Morgan fingerprint density at radius 2 is 2.15 bits per heavy atom. The average Bonchev–Trinajstić information content (AvgIpc) is 2.38. The number of hydrogen-bond acceptors (Lipinski definition) is 4. The largest absolute Gasteiger partial charge is 0.496 e. The molecule has 1 aromatic carbocycles. The van der Waals surface area contributed by atoms with Gasteiger partial charge in [-0.1, -0.05) is 32.5 Å². The van der Waals surface area contributed by atoms with Crippen LogP contribution in [0.2, 0.25) is 0 Å². The van der Waals surface area contributed by atoms with Crippen molar-refractivity contribution >= 4 is 38.5 Å². The van der Waals surface area contributed by atoms with Crippen LogP contribution in [0.3, 0.4) is 0 Å². The SMILES string of the molecule is COc1ccc(NC2=NC(C(C)(C)C)CCS2)cc1Br. The molecular weight excluding hydrogens is 336 g/mol. The summed E-state index contributed by atoms with van der Waals surface area (Å²) >= 11 is 5.29.